The predicted octanol–water partition coefficient (Wildman–Crippen LogP) is 3.50. The lowest BCUT2D eigenvalue weighted by Gasteiger charge is -2.14. The summed E-state index contributed by atoms with van der Waals surface area (Å²) in [5.74, 6) is -1.12. The number of hydrogen-bond acceptors (Lipinski definition) is 3. The molecular formula is C18H16ClNO3. The van der Waals surface area contributed by atoms with Crippen molar-refractivity contribution in [1.82, 2.24) is 5.32 Å². The zero-order valence-electron chi connectivity index (χ0n) is 12.4. The minimum Gasteiger partial charge on any atom is -0.478 e. The van der Waals surface area contributed by atoms with Crippen LogP contribution in [0.1, 0.15) is 27.1 Å². The Morgan fingerprint density at radius 2 is 1.83 bits per heavy atom. The van der Waals surface area contributed by atoms with E-state index in [1.54, 1.807) is 42.5 Å². The molecule has 0 bridgehead atoms. The number of carboxylic acid groups (broad SMARTS) is 1. The summed E-state index contributed by atoms with van der Waals surface area (Å²) in [7, 11) is 0. The van der Waals surface area contributed by atoms with Crippen molar-refractivity contribution in [3.63, 3.8) is 0 Å². The van der Waals surface area contributed by atoms with E-state index in [0.29, 0.717) is 23.2 Å². The third kappa shape index (κ3) is 3.00. The van der Waals surface area contributed by atoms with Crippen molar-refractivity contribution in [1.29, 1.82) is 0 Å². The molecule has 3 rings (SSSR count). The highest BCUT2D eigenvalue weighted by Gasteiger charge is 2.27. The van der Waals surface area contributed by atoms with Gasteiger partial charge in [0.05, 0.1) is 10.6 Å². The maximum atomic E-state index is 12.8. The number of hydrogen-bond donors (Lipinski definition) is 2. The second-order valence-electron chi connectivity index (χ2n) is 5.57. The summed E-state index contributed by atoms with van der Waals surface area (Å²) in [5.41, 5.74) is 1.66. The fourth-order valence-corrected chi connectivity index (χ4v) is 3.25. The van der Waals surface area contributed by atoms with Gasteiger partial charge in [-0.05, 0) is 30.2 Å². The van der Waals surface area contributed by atoms with E-state index < -0.39 is 5.97 Å². The number of Topliss-reactive ketones (excluding diaryl/α,β-unsaturated/α-hetero) is 1. The van der Waals surface area contributed by atoms with Crippen LogP contribution in [0.15, 0.2) is 42.5 Å². The lowest BCUT2D eigenvalue weighted by Crippen LogP contribution is -2.18. The second-order valence-corrected chi connectivity index (χ2v) is 5.97. The van der Waals surface area contributed by atoms with Gasteiger partial charge < -0.3 is 10.4 Å². The topological polar surface area (TPSA) is 66.4 Å². The second kappa shape index (κ2) is 6.52. The van der Waals surface area contributed by atoms with Gasteiger partial charge in [0.1, 0.15) is 0 Å². The van der Waals surface area contributed by atoms with E-state index in [0.717, 1.165) is 13.0 Å². The maximum Gasteiger partial charge on any atom is 0.337 e. The Morgan fingerprint density at radius 3 is 2.52 bits per heavy atom. The molecular weight excluding hydrogens is 314 g/mol. The molecule has 0 amide bonds. The Bertz CT molecular complexity index is 767. The summed E-state index contributed by atoms with van der Waals surface area (Å²) in [6.45, 7) is 1.49. The van der Waals surface area contributed by atoms with E-state index in [1.807, 2.05) is 0 Å². The van der Waals surface area contributed by atoms with Crippen LogP contribution >= 0.6 is 11.6 Å². The van der Waals surface area contributed by atoms with Crippen molar-refractivity contribution in [2.24, 2.45) is 5.92 Å². The Balaban J connectivity index is 2.13. The fraction of sp³-hybridized carbons (Fsp3) is 0.222. The largest absolute Gasteiger partial charge is 0.478 e. The number of aromatic carboxylic acids is 1. The lowest BCUT2D eigenvalue weighted by molar-refractivity contribution is 0.0697. The first-order chi connectivity index (χ1) is 11.1. The Kier molecular flexibility index (Phi) is 4.46. The molecule has 4 nitrogen and oxygen atoms in total. The molecule has 1 saturated heterocycles. The van der Waals surface area contributed by atoms with Gasteiger partial charge in [-0.15, -0.1) is 0 Å². The van der Waals surface area contributed by atoms with Crippen molar-refractivity contribution >= 4 is 23.4 Å². The third-order valence-corrected chi connectivity index (χ3v) is 4.46. The molecule has 118 valence electrons. The monoisotopic (exact) mass is 329 g/mol. The Morgan fingerprint density at radius 1 is 1.09 bits per heavy atom. The van der Waals surface area contributed by atoms with Crippen molar-refractivity contribution < 1.29 is 14.7 Å². The highest BCUT2D eigenvalue weighted by atomic mass is 35.5. The molecule has 1 unspecified atom stereocenters. The Hall–Kier alpha value is -2.17. The normalized spacial score (nSPS) is 17.2. The van der Waals surface area contributed by atoms with Crippen molar-refractivity contribution in [3.8, 4) is 11.1 Å². The first-order valence-corrected chi connectivity index (χ1v) is 7.83. The first kappa shape index (κ1) is 15.7. The summed E-state index contributed by atoms with van der Waals surface area (Å²) in [4.78, 5) is 24.4. The van der Waals surface area contributed by atoms with Gasteiger partial charge in [0, 0.05) is 18.0 Å². The summed E-state index contributed by atoms with van der Waals surface area (Å²) >= 11 is 6.06. The van der Waals surface area contributed by atoms with E-state index >= 15 is 0 Å². The number of rotatable bonds is 4. The van der Waals surface area contributed by atoms with Crippen LogP contribution in [0.3, 0.4) is 0 Å². The van der Waals surface area contributed by atoms with Crippen LogP contribution in [0, 0.1) is 5.92 Å². The fourth-order valence-electron chi connectivity index (χ4n) is 3.00. The number of nitrogens with one attached hydrogen (secondary N) is 1. The van der Waals surface area contributed by atoms with Crippen LogP contribution in [0.4, 0.5) is 0 Å². The summed E-state index contributed by atoms with van der Waals surface area (Å²) in [6, 6.07) is 12.0. The highest BCUT2D eigenvalue weighted by molar-refractivity contribution is 6.34. The van der Waals surface area contributed by atoms with Gasteiger partial charge in [-0.2, -0.15) is 0 Å². The molecule has 0 aromatic heterocycles. The van der Waals surface area contributed by atoms with Gasteiger partial charge in [-0.25, -0.2) is 4.79 Å². The zero-order chi connectivity index (χ0) is 16.4. The lowest BCUT2D eigenvalue weighted by atomic mass is 9.89. The molecule has 0 saturated carbocycles. The van der Waals surface area contributed by atoms with Crippen LogP contribution in [0.2, 0.25) is 5.02 Å². The maximum absolute atomic E-state index is 12.8. The van der Waals surface area contributed by atoms with Gasteiger partial charge >= 0.3 is 5.97 Å². The van der Waals surface area contributed by atoms with Gasteiger partial charge in [0.2, 0.25) is 0 Å². The average Bonchev–Trinajstić information content (AvgIpc) is 3.08. The molecule has 1 fully saturated rings. The third-order valence-electron chi connectivity index (χ3n) is 4.14. The smallest absolute Gasteiger partial charge is 0.337 e. The molecule has 1 aliphatic rings. The van der Waals surface area contributed by atoms with E-state index in [-0.39, 0.29) is 22.3 Å². The molecule has 0 spiro atoms. The van der Waals surface area contributed by atoms with Gasteiger partial charge in [-0.1, -0.05) is 48.0 Å². The molecule has 2 aromatic carbocycles. The molecule has 1 atom stereocenters. The highest BCUT2D eigenvalue weighted by Crippen LogP contribution is 2.33. The molecule has 1 heterocycles. The predicted molar refractivity (Wildman–Crippen MR) is 89.2 cm³/mol. The minimum absolute atomic E-state index is 0.0268. The van der Waals surface area contributed by atoms with E-state index in [1.165, 1.54) is 0 Å². The number of ketones is 1. The molecule has 2 aromatic rings. The molecule has 0 radical (unpaired) electrons. The first-order valence-electron chi connectivity index (χ1n) is 7.45. The number of carbonyl (C=O) groups is 2. The molecule has 5 heteroatoms. The van der Waals surface area contributed by atoms with E-state index in [9.17, 15) is 14.7 Å². The number of carbonyl (C=O) groups excluding carboxylic acids is 1. The summed E-state index contributed by atoms with van der Waals surface area (Å²) in [6.07, 6.45) is 0.800. The summed E-state index contributed by atoms with van der Waals surface area (Å²) < 4.78 is 0. The number of halogens is 1. The van der Waals surface area contributed by atoms with Gasteiger partial charge in [0.25, 0.3) is 0 Å². The van der Waals surface area contributed by atoms with Crippen LogP contribution in [-0.2, 0) is 0 Å². The van der Waals surface area contributed by atoms with E-state index in [4.69, 9.17) is 11.6 Å². The van der Waals surface area contributed by atoms with Gasteiger partial charge in [-0.3, -0.25) is 4.79 Å². The van der Waals surface area contributed by atoms with Gasteiger partial charge in [0.15, 0.2) is 5.78 Å². The number of benzene rings is 2. The quantitative estimate of drug-likeness (QED) is 0.843. The Labute approximate surface area is 139 Å². The van der Waals surface area contributed by atoms with Crippen LogP contribution in [0.25, 0.3) is 11.1 Å². The van der Waals surface area contributed by atoms with Crippen LogP contribution < -0.4 is 5.32 Å². The minimum atomic E-state index is -1.10. The molecule has 1 aliphatic heterocycles. The average molecular weight is 330 g/mol. The van der Waals surface area contributed by atoms with Crippen LogP contribution in [-0.4, -0.2) is 29.9 Å². The van der Waals surface area contributed by atoms with E-state index in [2.05, 4.69) is 5.32 Å². The molecule has 0 aliphatic carbocycles. The SMILES string of the molecule is O=C(O)c1c(Cl)cccc1-c1ccccc1C(=O)C1CCNC1. The van der Waals surface area contributed by atoms with Crippen molar-refractivity contribution in [3.05, 3.63) is 58.6 Å². The zero-order valence-corrected chi connectivity index (χ0v) is 13.1. The van der Waals surface area contributed by atoms with Crippen LogP contribution in [0.5, 0.6) is 0 Å². The van der Waals surface area contributed by atoms with Crippen molar-refractivity contribution in [2.75, 3.05) is 13.1 Å². The number of carboxylic acids is 1. The summed E-state index contributed by atoms with van der Waals surface area (Å²) in [5, 5.41) is 12.8. The van der Waals surface area contributed by atoms with Crippen molar-refractivity contribution in [2.45, 2.75) is 6.42 Å². The molecule has 2 N–H and O–H groups in total. The molecule has 23 heavy (non-hydrogen) atoms. The standard InChI is InChI=1S/C18H16ClNO3/c19-15-7-3-6-13(16(15)18(22)23)12-4-1-2-5-14(12)17(21)11-8-9-20-10-11/h1-7,11,20H,8-10H2,(H,22,23).